The maximum atomic E-state index is 11.0. The van der Waals surface area contributed by atoms with Crippen LogP contribution in [0.1, 0.15) is 19.8 Å². The zero-order valence-electron chi connectivity index (χ0n) is 8.27. The number of hydrogen-bond donors (Lipinski definition) is 1. The highest BCUT2D eigenvalue weighted by Gasteiger charge is 2.15. The molecule has 3 nitrogen and oxygen atoms in total. The highest BCUT2D eigenvalue weighted by Crippen LogP contribution is 2.13. The van der Waals surface area contributed by atoms with Crippen molar-refractivity contribution in [1.29, 1.82) is 0 Å². The molecule has 0 bridgehead atoms. The fourth-order valence-electron chi connectivity index (χ4n) is 1.18. The quantitative estimate of drug-likeness (QED) is 0.774. The summed E-state index contributed by atoms with van der Waals surface area (Å²) in [5, 5.41) is 0. The molecule has 14 heavy (non-hydrogen) atoms. The van der Waals surface area contributed by atoms with Gasteiger partial charge in [0, 0.05) is 0 Å². The van der Waals surface area contributed by atoms with Gasteiger partial charge in [-0.3, -0.25) is 4.79 Å². The minimum atomic E-state index is -0.512. The van der Waals surface area contributed by atoms with E-state index in [0.29, 0.717) is 12.2 Å². The normalized spacial score (nSPS) is 12.1. The number of ether oxygens (including phenoxy) is 1. The summed E-state index contributed by atoms with van der Waals surface area (Å²) in [6.45, 7) is 1.99. The Hall–Kier alpha value is -1.51. The van der Waals surface area contributed by atoms with Gasteiger partial charge in [-0.05, 0) is 18.6 Å². The number of hydrogen-bond acceptors (Lipinski definition) is 2. The predicted molar refractivity (Wildman–Crippen MR) is 55.0 cm³/mol. The summed E-state index contributed by atoms with van der Waals surface area (Å²) in [6.07, 6.45) is 1.02. The number of nitrogens with two attached hydrogens (primary N) is 1. The predicted octanol–water partition coefficient (Wildman–Crippen LogP) is 1.72. The van der Waals surface area contributed by atoms with Crippen LogP contribution in [0.3, 0.4) is 0 Å². The first-order valence-corrected chi connectivity index (χ1v) is 4.75. The number of carbonyl (C=O) groups is 1. The van der Waals surface area contributed by atoms with Gasteiger partial charge in [0.05, 0.1) is 0 Å². The second-order valence-corrected chi connectivity index (χ2v) is 3.11. The second kappa shape index (κ2) is 5.27. The van der Waals surface area contributed by atoms with Crippen molar-refractivity contribution in [1.82, 2.24) is 0 Å². The lowest BCUT2D eigenvalue weighted by atomic mass is 10.2. The third-order valence-electron chi connectivity index (χ3n) is 1.89. The number of rotatable bonds is 5. The molecule has 0 spiro atoms. The minimum absolute atomic E-state index is 0.407. The Bertz CT molecular complexity index is 285. The fourth-order valence-corrected chi connectivity index (χ4v) is 1.18. The highest BCUT2D eigenvalue weighted by molar-refractivity contribution is 5.79. The van der Waals surface area contributed by atoms with Crippen LogP contribution < -0.4 is 10.5 Å². The van der Waals surface area contributed by atoms with E-state index in [1.807, 2.05) is 37.3 Å². The lowest BCUT2D eigenvalue weighted by Crippen LogP contribution is -2.33. The Labute approximate surface area is 83.9 Å². The summed E-state index contributed by atoms with van der Waals surface area (Å²) >= 11 is 0. The molecule has 0 saturated heterocycles. The van der Waals surface area contributed by atoms with E-state index in [9.17, 15) is 4.79 Å². The molecule has 1 amide bonds. The van der Waals surface area contributed by atoms with E-state index < -0.39 is 12.0 Å². The number of benzene rings is 1. The summed E-state index contributed by atoms with van der Waals surface area (Å²) in [7, 11) is 0. The average molecular weight is 193 g/mol. The van der Waals surface area contributed by atoms with Gasteiger partial charge in [-0.15, -0.1) is 0 Å². The number of para-hydroxylation sites is 1. The van der Waals surface area contributed by atoms with Crippen LogP contribution in [-0.2, 0) is 4.79 Å². The Balaban J connectivity index is 2.60. The third kappa shape index (κ3) is 3.09. The molecule has 0 aliphatic heterocycles. The zero-order chi connectivity index (χ0) is 10.4. The van der Waals surface area contributed by atoms with Crippen molar-refractivity contribution in [3.8, 4) is 5.75 Å². The van der Waals surface area contributed by atoms with Crippen molar-refractivity contribution in [3.63, 3.8) is 0 Å². The third-order valence-corrected chi connectivity index (χ3v) is 1.89. The van der Waals surface area contributed by atoms with Crippen LogP contribution in [0.5, 0.6) is 5.75 Å². The van der Waals surface area contributed by atoms with Gasteiger partial charge in [0.25, 0.3) is 5.91 Å². The van der Waals surface area contributed by atoms with Gasteiger partial charge in [0.1, 0.15) is 5.75 Å². The van der Waals surface area contributed by atoms with Crippen LogP contribution in [-0.4, -0.2) is 12.0 Å². The molecule has 0 heterocycles. The largest absolute Gasteiger partial charge is 0.481 e. The van der Waals surface area contributed by atoms with E-state index in [1.165, 1.54) is 0 Å². The standard InChI is InChI=1S/C11H15NO2/c1-2-6-10(11(12)13)14-9-7-4-3-5-8-9/h3-5,7-8,10H,2,6H2,1H3,(H2,12,13). The molecule has 0 saturated carbocycles. The van der Waals surface area contributed by atoms with Gasteiger partial charge in [-0.2, -0.15) is 0 Å². The maximum absolute atomic E-state index is 11.0. The van der Waals surface area contributed by atoms with Crippen molar-refractivity contribution >= 4 is 5.91 Å². The minimum Gasteiger partial charge on any atom is -0.481 e. The van der Waals surface area contributed by atoms with Crippen molar-refractivity contribution in [2.75, 3.05) is 0 Å². The first kappa shape index (κ1) is 10.6. The smallest absolute Gasteiger partial charge is 0.258 e. The highest BCUT2D eigenvalue weighted by atomic mass is 16.5. The Morgan fingerprint density at radius 3 is 2.57 bits per heavy atom. The van der Waals surface area contributed by atoms with E-state index in [1.54, 1.807) is 0 Å². The molecule has 0 fully saturated rings. The van der Waals surface area contributed by atoms with Crippen LogP contribution in [0.25, 0.3) is 0 Å². The SMILES string of the molecule is CCCC(Oc1ccccc1)C(N)=O. The van der Waals surface area contributed by atoms with E-state index in [-0.39, 0.29) is 0 Å². The molecule has 1 atom stereocenters. The molecule has 3 heteroatoms. The molecular formula is C11H15NO2. The molecule has 1 unspecified atom stereocenters. The summed E-state index contributed by atoms with van der Waals surface area (Å²) in [5.41, 5.74) is 5.21. The first-order chi connectivity index (χ1) is 6.74. The summed E-state index contributed by atoms with van der Waals surface area (Å²) < 4.78 is 5.44. The van der Waals surface area contributed by atoms with Gasteiger partial charge < -0.3 is 10.5 Å². The zero-order valence-corrected chi connectivity index (χ0v) is 8.27. The van der Waals surface area contributed by atoms with Gasteiger partial charge in [-0.1, -0.05) is 31.5 Å². The van der Waals surface area contributed by atoms with Crippen molar-refractivity contribution in [2.45, 2.75) is 25.9 Å². The van der Waals surface area contributed by atoms with Crippen LogP contribution >= 0.6 is 0 Å². The van der Waals surface area contributed by atoms with Crippen LogP contribution in [0, 0.1) is 0 Å². The molecule has 1 aromatic rings. The Morgan fingerprint density at radius 2 is 2.07 bits per heavy atom. The summed E-state index contributed by atoms with van der Waals surface area (Å²) in [4.78, 5) is 11.0. The molecular weight excluding hydrogens is 178 g/mol. The molecule has 1 rings (SSSR count). The van der Waals surface area contributed by atoms with E-state index in [2.05, 4.69) is 0 Å². The lowest BCUT2D eigenvalue weighted by Gasteiger charge is -2.14. The van der Waals surface area contributed by atoms with Gasteiger partial charge in [0.2, 0.25) is 0 Å². The monoisotopic (exact) mass is 193 g/mol. The van der Waals surface area contributed by atoms with Gasteiger partial charge in [0.15, 0.2) is 6.10 Å². The number of amides is 1. The van der Waals surface area contributed by atoms with Crippen molar-refractivity contribution in [3.05, 3.63) is 30.3 Å². The van der Waals surface area contributed by atoms with Crippen LogP contribution in [0.15, 0.2) is 30.3 Å². The second-order valence-electron chi connectivity index (χ2n) is 3.11. The Kier molecular flexibility index (Phi) is 3.98. The number of carbonyl (C=O) groups excluding carboxylic acids is 1. The topological polar surface area (TPSA) is 52.3 Å². The van der Waals surface area contributed by atoms with E-state index in [4.69, 9.17) is 10.5 Å². The molecule has 0 aromatic heterocycles. The molecule has 0 aliphatic carbocycles. The molecule has 2 N–H and O–H groups in total. The Morgan fingerprint density at radius 1 is 1.43 bits per heavy atom. The molecule has 0 aliphatic rings. The van der Waals surface area contributed by atoms with Gasteiger partial charge in [-0.25, -0.2) is 0 Å². The fraction of sp³-hybridized carbons (Fsp3) is 0.364. The molecule has 1 aromatic carbocycles. The molecule has 0 radical (unpaired) electrons. The summed E-state index contributed by atoms with van der Waals surface area (Å²) in [5.74, 6) is 0.278. The van der Waals surface area contributed by atoms with Crippen LogP contribution in [0.2, 0.25) is 0 Å². The first-order valence-electron chi connectivity index (χ1n) is 4.75. The van der Waals surface area contributed by atoms with E-state index in [0.717, 1.165) is 6.42 Å². The summed E-state index contributed by atoms with van der Waals surface area (Å²) in [6, 6.07) is 9.24. The van der Waals surface area contributed by atoms with Gasteiger partial charge >= 0.3 is 0 Å². The average Bonchev–Trinajstić information content (AvgIpc) is 2.18. The van der Waals surface area contributed by atoms with E-state index >= 15 is 0 Å². The maximum Gasteiger partial charge on any atom is 0.258 e. The molecule has 76 valence electrons. The van der Waals surface area contributed by atoms with Crippen molar-refractivity contribution in [2.24, 2.45) is 5.73 Å². The number of primary amides is 1. The van der Waals surface area contributed by atoms with Crippen molar-refractivity contribution < 1.29 is 9.53 Å². The van der Waals surface area contributed by atoms with Crippen LogP contribution in [0.4, 0.5) is 0 Å². The lowest BCUT2D eigenvalue weighted by molar-refractivity contribution is -0.125.